The van der Waals surface area contributed by atoms with E-state index in [1.807, 2.05) is 19.1 Å². The number of phenolic OH excluding ortho intramolecular Hbond substituents is 1. The van der Waals surface area contributed by atoms with E-state index in [4.69, 9.17) is 16.2 Å². The number of aromatic amines is 1. The zero-order valence-electron chi connectivity index (χ0n) is 15.6. The van der Waals surface area contributed by atoms with E-state index in [-0.39, 0.29) is 11.6 Å². The van der Waals surface area contributed by atoms with E-state index in [1.165, 1.54) is 19.4 Å². The predicted octanol–water partition coefficient (Wildman–Crippen LogP) is 4.39. The molecule has 1 heterocycles. The molecule has 6 heteroatoms. The van der Waals surface area contributed by atoms with Gasteiger partial charge in [0, 0.05) is 40.1 Å². The monoisotopic (exact) mass is 369 g/mol. The third-order valence-corrected chi connectivity index (χ3v) is 4.13. The van der Waals surface area contributed by atoms with Gasteiger partial charge in [0.2, 0.25) is 0 Å². The van der Waals surface area contributed by atoms with Crippen molar-refractivity contribution in [3.63, 3.8) is 0 Å². The van der Waals surface area contributed by atoms with Crippen molar-refractivity contribution in [2.45, 2.75) is 13.8 Å². The summed E-state index contributed by atoms with van der Waals surface area (Å²) in [5, 5.41) is 10.1. The first-order valence-electron chi connectivity index (χ1n) is 8.28. The summed E-state index contributed by atoms with van der Waals surface area (Å²) in [6.07, 6.45) is 2.98. The van der Waals surface area contributed by atoms with Crippen molar-refractivity contribution in [3.05, 3.63) is 71.8 Å². The molecule has 0 aliphatic heterocycles. The summed E-state index contributed by atoms with van der Waals surface area (Å²) in [4.78, 5) is 3.09. The average Bonchev–Trinajstić information content (AvgIpc) is 3.03. The molecule has 6 N–H and O–H groups in total. The van der Waals surface area contributed by atoms with E-state index < -0.39 is 0 Å². The number of benzene rings is 2. The molecule has 3 rings (SSSR count). The number of nitrogen functional groups attached to an aromatic ring is 1. The van der Waals surface area contributed by atoms with Crippen LogP contribution in [0.25, 0.3) is 16.5 Å². The first-order chi connectivity index (χ1) is 12.8. The van der Waals surface area contributed by atoms with Crippen LogP contribution in [-0.2, 0) is 0 Å². The van der Waals surface area contributed by atoms with Gasteiger partial charge in [-0.3, -0.25) is 0 Å². The topological polar surface area (TPSA) is 97.3 Å². The van der Waals surface area contributed by atoms with Crippen molar-refractivity contribution in [2.75, 3.05) is 12.8 Å². The first-order valence-corrected chi connectivity index (χ1v) is 8.28. The number of hydrogen-bond acceptors (Lipinski definition) is 4. The fraction of sp³-hybridized carbons (Fsp3) is 0.143. The third kappa shape index (κ3) is 4.23. The fourth-order valence-corrected chi connectivity index (χ4v) is 2.68. The Balaban J connectivity index is 0.000000198. The number of nitrogens with one attached hydrogen (secondary N) is 1. The van der Waals surface area contributed by atoms with Crippen LogP contribution >= 0.6 is 0 Å². The van der Waals surface area contributed by atoms with Crippen molar-refractivity contribution in [3.8, 4) is 11.5 Å². The molecular formula is C21H24FN3O2. The second-order valence-electron chi connectivity index (χ2n) is 6.05. The number of ether oxygens (including phenoxy) is 1. The SMILES string of the molecule is C=C/C(=C/N)c1cc(OC)c(O)cc1N.Cc1cc2c(F)c(C)ccc2[nH]1. The van der Waals surface area contributed by atoms with Gasteiger partial charge in [0.1, 0.15) is 5.82 Å². The van der Waals surface area contributed by atoms with Crippen molar-refractivity contribution < 1.29 is 14.2 Å². The molecule has 2 aromatic carbocycles. The summed E-state index contributed by atoms with van der Waals surface area (Å²) in [6, 6.07) is 8.55. The number of aromatic nitrogens is 1. The highest BCUT2D eigenvalue weighted by Gasteiger charge is 2.09. The van der Waals surface area contributed by atoms with Gasteiger partial charge in [0.25, 0.3) is 0 Å². The van der Waals surface area contributed by atoms with E-state index >= 15 is 0 Å². The van der Waals surface area contributed by atoms with Gasteiger partial charge in [-0.15, -0.1) is 0 Å². The number of methoxy groups -OCH3 is 1. The van der Waals surface area contributed by atoms with Gasteiger partial charge in [-0.25, -0.2) is 4.39 Å². The number of rotatable bonds is 3. The number of nitrogens with two attached hydrogens (primary N) is 2. The minimum absolute atomic E-state index is 0.000756. The largest absolute Gasteiger partial charge is 0.504 e. The van der Waals surface area contributed by atoms with Crippen LogP contribution in [-0.4, -0.2) is 17.2 Å². The molecular weight excluding hydrogens is 345 g/mol. The Bertz CT molecular complexity index is 1010. The van der Waals surface area contributed by atoms with E-state index in [2.05, 4.69) is 11.6 Å². The molecule has 0 spiro atoms. The lowest BCUT2D eigenvalue weighted by atomic mass is 10.0. The smallest absolute Gasteiger partial charge is 0.161 e. The van der Waals surface area contributed by atoms with E-state index in [1.54, 1.807) is 25.1 Å². The molecule has 0 saturated carbocycles. The molecule has 142 valence electrons. The van der Waals surface area contributed by atoms with Crippen molar-refractivity contribution in [2.24, 2.45) is 5.73 Å². The molecule has 0 radical (unpaired) electrons. The molecule has 0 unspecified atom stereocenters. The van der Waals surface area contributed by atoms with Crippen LogP contribution in [0.15, 0.2) is 49.2 Å². The van der Waals surface area contributed by atoms with Crippen LogP contribution < -0.4 is 16.2 Å². The van der Waals surface area contributed by atoms with E-state index in [9.17, 15) is 9.50 Å². The van der Waals surface area contributed by atoms with Gasteiger partial charge in [0.05, 0.1) is 7.11 Å². The Morgan fingerprint density at radius 1 is 1.26 bits per heavy atom. The number of H-pyrrole nitrogens is 1. The van der Waals surface area contributed by atoms with Gasteiger partial charge < -0.3 is 26.3 Å². The molecule has 1 aromatic heterocycles. The molecule has 5 nitrogen and oxygen atoms in total. The summed E-state index contributed by atoms with van der Waals surface area (Å²) in [7, 11) is 1.47. The van der Waals surface area contributed by atoms with Crippen LogP contribution in [0.2, 0.25) is 0 Å². The maximum Gasteiger partial charge on any atom is 0.161 e. The summed E-state index contributed by atoms with van der Waals surface area (Å²) in [6.45, 7) is 7.32. The van der Waals surface area contributed by atoms with Crippen LogP contribution in [0.1, 0.15) is 16.8 Å². The second kappa shape index (κ2) is 8.31. The van der Waals surface area contributed by atoms with Crippen LogP contribution in [0.4, 0.5) is 10.1 Å². The number of fused-ring (bicyclic) bond motifs is 1. The van der Waals surface area contributed by atoms with Crippen LogP contribution in [0.5, 0.6) is 11.5 Å². The molecule has 3 aromatic rings. The number of allylic oxidation sites excluding steroid dienone is 2. The predicted molar refractivity (Wildman–Crippen MR) is 109 cm³/mol. The lowest BCUT2D eigenvalue weighted by Gasteiger charge is -2.10. The van der Waals surface area contributed by atoms with E-state index in [0.29, 0.717) is 33.5 Å². The number of aromatic hydroxyl groups is 1. The molecule has 0 aliphatic rings. The highest BCUT2D eigenvalue weighted by Crippen LogP contribution is 2.34. The molecule has 0 fully saturated rings. The quantitative estimate of drug-likeness (QED) is 0.406. The van der Waals surface area contributed by atoms with E-state index in [0.717, 1.165) is 11.2 Å². The van der Waals surface area contributed by atoms with Gasteiger partial charge in [-0.1, -0.05) is 18.7 Å². The second-order valence-corrected chi connectivity index (χ2v) is 6.05. The van der Waals surface area contributed by atoms with Crippen molar-refractivity contribution in [1.29, 1.82) is 0 Å². The van der Waals surface area contributed by atoms with Gasteiger partial charge in [0.15, 0.2) is 11.5 Å². The van der Waals surface area contributed by atoms with Crippen molar-refractivity contribution in [1.82, 2.24) is 4.98 Å². The molecule has 0 saturated heterocycles. The zero-order valence-corrected chi connectivity index (χ0v) is 15.6. The number of aryl methyl sites for hydroxylation is 2. The Morgan fingerprint density at radius 2 is 1.96 bits per heavy atom. The summed E-state index contributed by atoms with van der Waals surface area (Å²) < 4.78 is 18.4. The minimum atomic E-state index is -0.114. The highest BCUT2D eigenvalue weighted by molar-refractivity contribution is 5.83. The maximum atomic E-state index is 13.4. The third-order valence-electron chi connectivity index (χ3n) is 4.13. The first kappa shape index (κ1) is 19.9. The maximum absolute atomic E-state index is 13.4. The Labute approximate surface area is 157 Å². The summed E-state index contributed by atoms with van der Waals surface area (Å²) in [5.74, 6) is 0.233. The number of anilines is 1. The van der Waals surface area contributed by atoms with Gasteiger partial charge in [-0.05, 0) is 43.2 Å². The molecule has 0 bridgehead atoms. The Kier molecular flexibility index (Phi) is 6.13. The molecule has 0 amide bonds. The summed E-state index contributed by atoms with van der Waals surface area (Å²) in [5.41, 5.74) is 15.5. The normalized spacial score (nSPS) is 11.0. The number of phenols is 1. The summed E-state index contributed by atoms with van der Waals surface area (Å²) >= 11 is 0. The molecule has 0 aliphatic carbocycles. The Hall–Kier alpha value is -3.41. The van der Waals surface area contributed by atoms with Crippen LogP contribution in [0, 0.1) is 19.7 Å². The number of halogens is 1. The zero-order chi connectivity index (χ0) is 20.1. The minimum Gasteiger partial charge on any atom is -0.504 e. The van der Waals surface area contributed by atoms with Gasteiger partial charge in [-0.2, -0.15) is 0 Å². The highest BCUT2D eigenvalue weighted by atomic mass is 19.1. The van der Waals surface area contributed by atoms with Gasteiger partial charge >= 0.3 is 0 Å². The molecule has 27 heavy (non-hydrogen) atoms. The van der Waals surface area contributed by atoms with Crippen molar-refractivity contribution >= 4 is 22.2 Å². The lowest BCUT2D eigenvalue weighted by Crippen LogP contribution is -1.96. The lowest BCUT2D eigenvalue weighted by molar-refractivity contribution is 0.373. The fourth-order valence-electron chi connectivity index (χ4n) is 2.68. The standard InChI is InChI=1S/C11H14N2O2.C10H10FN/c1-3-7(6-12)8-4-11(15-2)10(14)5-9(8)13;1-6-3-4-9-8(10(6)11)5-7(2)12-9/h3-6,14H,1,12-13H2,2H3;3-5,12H,1-2H3/b7-6-;. The Morgan fingerprint density at radius 3 is 2.56 bits per heavy atom. The average molecular weight is 369 g/mol. The van der Waals surface area contributed by atoms with Crippen LogP contribution in [0.3, 0.4) is 0 Å². The number of hydrogen-bond donors (Lipinski definition) is 4. The molecule has 0 atom stereocenters.